The Morgan fingerprint density at radius 3 is 2.69 bits per heavy atom. The largest absolute Gasteiger partial charge is 0.492 e. The highest BCUT2D eigenvalue weighted by Gasteiger charge is 2.15. The van der Waals surface area contributed by atoms with Crippen LogP contribution in [0.4, 0.5) is 0 Å². The van der Waals surface area contributed by atoms with Crippen LogP contribution in [0.2, 0.25) is 5.02 Å². The maximum Gasteiger partial charge on any atom is 0.137 e. The lowest BCUT2D eigenvalue weighted by Gasteiger charge is -2.22. The van der Waals surface area contributed by atoms with E-state index in [1.165, 1.54) is 0 Å². The lowest BCUT2D eigenvalue weighted by molar-refractivity contribution is 0.233. The third kappa shape index (κ3) is 4.32. The molecule has 0 amide bonds. The van der Waals surface area contributed by atoms with Crippen molar-refractivity contribution in [2.24, 2.45) is 11.1 Å². The van der Waals surface area contributed by atoms with E-state index in [4.69, 9.17) is 22.1 Å². The van der Waals surface area contributed by atoms with E-state index in [0.29, 0.717) is 18.2 Å². The van der Waals surface area contributed by atoms with Crippen LogP contribution in [0.5, 0.6) is 5.75 Å². The zero-order valence-electron chi connectivity index (χ0n) is 9.59. The highest BCUT2D eigenvalue weighted by atomic mass is 79.9. The maximum absolute atomic E-state index is 6.03. The average molecular weight is 307 g/mol. The van der Waals surface area contributed by atoms with Crippen LogP contribution in [-0.2, 0) is 0 Å². The molecule has 0 fully saturated rings. The molecule has 0 saturated carbocycles. The second kappa shape index (κ2) is 5.89. The zero-order valence-corrected chi connectivity index (χ0v) is 11.9. The highest BCUT2D eigenvalue weighted by Crippen LogP contribution is 2.28. The summed E-state index contributed by atoms with van der Waals surface area (Å²) in [6.45, 7) is 5.54. The van der Waals surface area contributed by atoms with Gasteiger partial charge in [-0.3, -0.25) is 0 Å². The number of benzene rings is 1. The molecule has 0 atom stereocenters. The first-order chi connectivity index (χ1) is 7.44. The minimum Gasteiger partial charge on any atom is -0.492 e. The Kier molecular flexibility index (Phi) is 5.09. The first-order valence-corrected chi connectivity index (χ1v) is 6.40. The number of rotatable bonds is 5. The molecule has 0 bridgehead atoms. The second-order valence-corrected chi connectivity index (χ2v) is 5.86. The van der Waals surface area contributed by atoms with E-state index in [0.717, 1.165) is 16.6 Å². The molecular weight excluding hydrogens is 289 g/mol. The van der Waals surface area contributed by atoms with Crippen molar-refractivity contribution < 1.29 is 4.74 Å². The molecule has 0 aliphatic heterocycles. The van der Waals surface area contributed by atoms with Gasteiger partial charge < -0.3 is 10.5 Å². The Morgan fingerprint density at radius 2 is 2.12 bits per heavy atom. The van der Waals surface area contributed by atoms with Crippen molar-refractivity contribution in [3.05, 3.63) is 27.7 Å². The van der Waals surface area contributed by atoms with Crippen LogP contribution >= 0.6 is 27.5 Å². The second-order valence-electron chi connectivity index (χ2n) is 4.54. The average Bonchev–Trinajstić information content (AvgIpc) is 2.21. The molecule has 0 unspecified atom stereocenters. The molecule has 2 nitrogen and oxygen atoms in total. The summed E-state index contributed by atoms with van der Waals surface area (Å²) in [6, 6.07) is 5.60. The molecule has 1 aromatic rings. The van der Waals surface area contributed by atoms with Gasteiger partial charge in [-0.2, -0.15) is 0 Å². The zero-order chi connectivity index (χ0) is 12.2. The fourth-order valence-corrected chi connectivity index (χ4v) is 1.86. The van der Waals surface area contributed by atoms with E-state index < -0.39 is 0 Å². The fourth-order valence-electron chi connectivity index (χ4n) is 1.13. The summed E-state index contributed by atoms with van der Waals surface area (Å²) in [6.07, 6.45) is 0.913. The number of hydrogen-bond acceptors (Lipinski definition) is 2. The lowest BCUT2D eigenvalue weighted by Crippen LogP contribution is -2.25. The third-order valence-corrected chi connectivity index (χ3v) is 3.27. The Balaban J connectivity index is 2.49. The number of nitrogens with two attached hydrogens (primary N) is 1. The van der Waals surface area contributed by atoms with Crippen molar-refractivity contribution in [2.45, 2.75) is 20.3 Å². The van der Waals surface area contributed by atoms with Crippen molar-refractivity contribution >= 4 is 27.5 Å². The van der Waals surface area contributed by atoms with Gasteiger partial charge >= 0.3 is 0 Å². The van der Waals surface area contributed by atoms with Gasteiger partial charge in [-0.15, -0.1) is 0 Å². The predicted octanol–water partition coefficient (Wildman–Crippen LogP) is 3.86. The van der Waals surface area contributed by atoms with Crippen molar-refractivity contribution in [2.75, 3.05) is 13.2 Å². The van der Waals surface area contributed by atoms with Gasteiger partial charge in [0, 0.05) is 4.47 Å². The van der Waals surface area contributed by atoms with Crippen LogP contribution < -0.4 is 10.5 Å². The minimum atomic E-state index is 0.113. The Morgan fingerprint density at radius 1 is 1.44 bits per heavy atom. The van der Waals surface area contributed by atoms with Gasteiger partial charge in [-0.1, -0.05) is 41.4 Å². The summed E-state index contributed by atoms with van der Waals surface area (Å²) in [5.74, 6) is 0.720. The van der Waals surface area contributed by atoms with Gasteiger partial charge in [-0.25, -0.2) is 0 Å². The van der Waals surface area contributed by atoms with Gasteiger partial charge in [-0.05, 0) is 36.6 Å². The van der Waals surface area contributed by atoms with E-state index in [9.17, 15) is 0 Å². The topological polar surface area (TPSA) is 35.2 Å². The summed E-state index contributed by atoms with van der Waals surface area (Å²) in [5.41, 5.74) is 5.76. The van der Waals surface area contributed by atoms with Crippen molar-refractivity contribution in [3.8, 4) is 5.75 Å². The molecular formula is C12H17BrClNO. The maximum atomic E-state index is 6.03. The van der Waals surface area contributed by atoms with Gasteiger partial charge in [0.2, 0.25) is 0 Å². The molecule has 0 aliphatic carbocycles. The minimum absolute atomic E-state index is 0.113. The van der Waals surface area contributed by atoms with Crippen LogP contribution in [0.1, 0.15) is 20.3 Å². The van der Waals surface area contributed by atoms with Crippen LogP contribution in [0.3, 0.4) is 0 Å². The summed E-state index contributed by atoms with van der Waals surface area (Å²) in [5, 5.41) is 0.625. The quantitative estimate of drug-likeness (QED) is 0.896. The SMILES string of the molecule is CC(C)(CN)CCOc1ccc(Br)cc1Cl. The molecule has 16 heavy (non-hydrogen) atoms. The smallest absolute Gasteiger partial charge is 0.137 e. The molecule has 0 heterocycles. The number of hydrogen-bond donors (Lipinski definition) is 1. The normalized spacial score (nSPS) is 11.6. The molecule has 0 aliphatic rings. The Bertz CT molecular complexity index is 355. The first kappa shape index (κ1) is 13.8. The summed E-state index contributed by atoms with van der Waals surface area (Å²) in [4.78, 5) is 0. The fraction of sp³-hybridized carbons (Fsp3) is 0.500. The number of ether oxygens (including phenoxy) is 1. The van der Waals surface area contributed by atoms with Crippen molar-refractivity contribution in [1.82, 2.24) is 0 Å². The molecule has 90 valence electrons. The molecule has 1 rings (SSSR count). The summed E-state index contributed by atoms with van der Waals surface area (Å²) in [7, 11) is 0. The van der Waals surface area contributed by atoms with E-state index in [1.807, 2.05) is 18.2 Å². The molecule has 0 radical (unpaired) electrons. The van der Waals surface area contributed by atoms with Gasteiger partial charge in [0.1, 0.15) is 5.75 Å². The molecule has 1 aromatic carbocycles. The highest BCUT2D eigenvalue weighted by molar-refractivity contribution is 9.10. The van der Waals surface area contributed by atoms with E-state index >= 15 is 0 Å². The monoisotopic (exact) mass is 305 g/mol. The van der Waals surface area contributed by atoms with Crippen molar-refractivity contribution in [1.29, 1.82) is 0 Å². The Hall–Kier alpha value is -0.250. The van der Waals surface area contributed by atoms with Gasteiger partial charge in [0.15, 0.2) is 0 Å². The van der Waals surface area contributed by atoms with Crippen LogP contribution in [0, 0.1) is 5.41 Å². The first-order valence-electron chi connectivity index (χ1n) is 5.22. The molecule has 0 saturated heterocycles. The van der Waals surface area contributed by atoms with Crippen LogP contribution in [-0.4, -0.2) is 13.2 Å². The summed E-state index contributed by atoms with van der Waals surface area (Å²) < 4.78 is 6.57. The van der Waals surface area contributed by atoms with E-state index in [-0.39, 0.29) is 5.41 Å². The van der Waals surface area contributed by atoms with Gasteiger partial charge in [0.05, 0.1) is 11.6 Å². The van der Waals surface area contributed by atoms with E-state index in [1.54, 1.807) is 0 Å². The molecule has 2 N–H and O–H groups in total. The van der Waals surface area contributed by atoms with E-state index in [2.05, 4.69) is 29.8 Å². The molecule has 0 aromatic heterocycles. The molecule has 0 spiro atoms. The summed E-state index contributed by atoms with van der Waals surface area (Å²) >= 11 is 9.38. The lowest BCUT2D eigenvalue weighted by atomic mass is 9.90. The van der Waals surface area contributed by atoms with Crippen molar-refractivity contribution in [3.63, 3.8) is 0 Å². The number of halogens is 2. The standard InChI is InChI=1S/C12H17BrClNO/c1-12(2,8-15)5-6-16-11-4-3-9(13)7-10(11)14/h3-4,7H,5-6,8,15H2,1-2H3. The molecule has 4 heteroatoms. The predicted molar refractivity (Wildman–Crippen MR) is 72.1 cm³/mol. The van der Waals surface area contributed by atoms with Gasteiger partial charge in [0.25, 0.3) is 0 Å². The Labute approximate surface area is 110 Å². The van der Waals surface area contributed by atoms with Crippen LogP contribution in [0.25, 0.3) is 0 Å². The van der Waals surface area contributed by atoms with Crippen LogP contribution in [0.15, 0.2) is 22.7 Å². The third-order valence-electron chi connectivity index (χ3n) is 2.48.